The van der Waals surface area contributed by atoms with Gasteiger partial charge >= 0.3 is 5.97 Å². The molecule has 1 heterocycles. The Morgan fingerprint density at radius 2 is 2.33 bits per heavy atom. The van der Waals surface area contributed by atoms with E-state index >= 15 is 0 Å². The predicted octanol–water partition coefficient (Wildman–Crippen LogP) is 1.56. The maximum atomic E-state index is 10.9. The standard InChI is InChI=1S/C11H12O4/c1-6-5-9(13)11-8(3-4-14-11)10(6)15-7(2)12/h5,13H,3-4H2,1-2H3. The van der Waals surface area contributed by atoms with Gasteiger partial charge in [-0.15, -0.1) is 0 Å². The van der Waals surface area contributed by atoms with Crippen LogP contribution in [-0.2, 0) is 11.2 Å². The van der Waals surface area contributed by atoms with E-state index in [9.17, 15) is 9.90 Å². The van der Waals surface area contributed by atoms with Crippen LogP contribution >= 0.6 is 0 Å². The van der Waals surface area contributed by atoms with Gasteiger partial charge in [-0.25, -0.2) is 0 Å². The van der Waals surface area contributed by atoms with E-state index < -0.39 is 0 Å². The Hall–Kier alpha value is -1.71. The molecule has 15 heavy (non-hydrogen) atoms. The minimum atomic E-state index is -0.363. The van der Waals surface area contributed by atoms with Gasteiger partial charge in [0.15, 0.2) is 11.5 Å². The molecule has 1 aromatic rings. The number of phenolic OH excluding ortho intramolecular Hbond substituents is 1. The summed E-state index contributed by atoms with van der Waals surface area (Å²) < 4.78 is 10.4. The van der Waals surface area contributed by atoms with Crippen LogP contribution in [0, 0.1) is 6.92 Å². The van der Waals surface area contributed by atoms with Crippen molar-refractivity contribution in [2.75, 3.05) is 6.61 Å². The zero-order chi connectivity index (χ0) is 11.0. The fourth-order valence-electron chi connectivity index (χ4n) is 1.76. The van der Waals surface area contributed by atoms with Crippen molar-refractivity contribution in [3.63, 3.8) is 0 Å². The number of hydrogen-bond donors (Lipinski definition) is 1. The lowest BCUT2D eigenvalue weighted by molar-refractivity contribution is -0.131. The number of carbonyl (C=O) groups is 1. The van der Waals surface area contributed by atoms with E-state index in [2.05, 4.69) is 0 Å². The average molecular weight is 208 g/mol. The molecule has 4 nitrogen and oxygen atoms in total. The number of aryl methyl sites for hydroxylation is 1. The maximum absolute atomic E-state index is 10.9. The monoisotopic (exact) mass is 208 g/mol. The minimum absolute atomic E-state index is 0.107. The molecule has 2 rings (SSSR count). The molecule has 0 radical (unpaired) electrons. The Morgan fingerprint density at radius 3 is 3.00 bits per heavy atom. The second-order valence-electron chi connectivity index (χ2n) is 3.54. The Labute approximate surface area is 87.4 Å². The first-order valence-corrected chi connectivity index (χ1v) is 4.76. The number of carbonyl (C=O) groups excluding carboxylic acids is 1. The topological polar surface area (TPSA) is 55.8 Å². The summed E-state index contributed by atoms with van der Waals surface area (Å²) in [6.07, 6.45) is 0.660. The highest BCUT2D eigenvalue weighted by Crippen LogP contribution is 2.42. The molecule has 80 valence electrons. The highest BCUT2D eigenvalue weighted by Gasteiger charge is 2.24. The van der Waals surface area contributed by atoms with Crippen molar-refractivity contribution in [1.29, 1.82) is 0 Å². The van der Waals surface area contributed by atoms with Crippen molar-refractivity contribution in [3.8, 4) is 17.2 Å². The van der Waals surface area contributed by atoms with Crippen LogP contribution < -0.4 is 9.47 Å². The number of esters is 1. The summed E-state index contributed by atoms with van der Waals surface area (Å²) in [6, 6.07) is 1.54. The third-order valence-corrected chi connectivity index (χ3v) is 2.34. The van der Waals surface area contributed by atoms with E-state index in [4.69, 9.17) is 9.47 Å². The van der Waals surface area contributed by atoms with E-state index in [1.807, 2.05) is 0 Å². The molecule has 0 bridgehead atoms. The van der Waals surface area contributed by atoms with Crippen LogP contribution in [0.3, 0.4) is 0 Å². The molecule has 0 saturated heterocycles. The number of phenols is 1. The quantitative estimate of drug-likeness (QED) is 0.562. The van der Waals surface area contributed by atoms with Gasteiger partial charge in [-0.2, -0.15) is 0 Å². The molecule has 1 aliphatic heterocycles. The Balaban J connectivity index is 2.54. The second kappa shape index (κ2) is 3.46. The number of benzene rings is 1. The summed E-state index contributed by atoms with van der Waals surface area (Å²) in [7, 11) is 0. The van der Waals surface area contributed by atoms with Crippen molar-refractivity contribution in [2.45, 2.75) is 20.3 Å². The highest BCUT2D eigenvalue weighted by atomic mass is 16.5. The van der Waals surface area contributed by atoms with Crippen LogP contribution in [0.2, 0.25) is 0 Å². The molecule has 0 amide bonds. The molecular weight excluding hydrogens is 196 g/mol. The van der Waals surface area contributed by atoms with Gasteiger partial charge in [0, 0.05) is 18.9 Å². The average Bonchev–Trinajstić information content (AvgIpc) is 2.60. The highest BCUT2D eigenvalue weighted by molar-refractivity contribution is 5.72. The molecule has 0 spiro atoms. The van der Waals surface area contributed by atoms with E-state index in [1.54, 1.807) is 13.0 Å². The number of rotatable bonds is 1. The van der Waals surface area contributed by atoms with Crippen molar-refractivity contribution in [3.05, 3.63) is 17.2 Å². The molecule has 1 N–H and O–H groups in total. The Morgan fingerprint density at radius 1 is 1.60 bits per heavy atom. The number of ether oxygens (including phenoxy) is 2. The molecule has 4 heteroatoms. The molecular formula is C11H12O4. The van der Waals surface area contributed by atoms with Crippen LogP contribution in [0.4, 0.5) is 0 Å². The normalized spacial score (nSPS) is 13.2. The van der Waals surface area contributed by atoms with Crippen molar-refractivity contribution >= 4 is 5.97 Å². The first-order chi connectivity index (χ1) is 7.09. The zero-order valence-corrected chi connectivity index (χ0v) is 8.66. The lowest BCUT2D eigenvalue weighted by atomic mass is 10.1. The van der Waals surface area contributed by atoms with Gasteiger partial charge in [0.25, 0.3) is 0 Å². The first-order valence-electron chi connectivity index (χ1n) is 4.76. The molecule has 0 aliphatic carbocycles. The van der Waals surface area contributed by atoms with Gasteiger partial charge < -0.3 is 14.6 Å². The van der Waals surface area contributed by atoms with E-state index in [-0.39, 0.29) is 11.7 Å². The van der Waals surface area contributed by atoms with Crippen molar-refractivity contribution in [2.24, 2.45) is 0 Å². The van der Waals surface area contributed by atoms with Gasteiger partial charge in [-0.1, -0.05) is 0 Å². The lowest BCUT2D eigenvalue weighted by Gasteiger charge is -2.11. The van der Waals surface area contributed by atoms with Gasteiger partial charge in [0.1, 0.15) is 5.75 Å². The molecule has 1 aliphatic rings. The van der Waals surface area contributed by atoms with E-state index in [0.717, 1.165) is 11.1 Å². The van der Waals surface area contributed by atoms with Crippen molar-refractivity contribution in [1.82, 2.24) is 0 Å². The third kappa shape index (κ3) is 1.63. The molecule has 0 saturated carbocycles. The largest absolute Gasteiger partial charge is 0.504 e. The summed E-state index contributed by atoms with van der Waals surface area (Å²) >= 11 is 0. The number of aromatic hydroxyl groups is 1. The van der Waals surface area contributed by atoms with Gasteiger partial charge in [-0.3, -0.25) is 4.79 Å². The SMILES string of the molecule is CC(=O)Oc1c(C)cc(O)c2c1CCO2. The predicted molar refractivity (Wildman–Crippen MR) is 53.4 cm³/mol. The third-order valence-electron chi connectivity index (χ3n) is 2.34. The fourth-order valence-corrected chi connectivity index (χ4v) is 1.76. The number of fused-ring (bicyclic) bond motifs is 1. The Kier molecular flexibility index (Phi) is 2.26. The molecule has 0 atom stereocenters. The van der Waals surface area contributed by atoms with Gasteiger partial charge in [0.05, 0.1) is 6.61 Å². The second-order valence-corrected chi connectivity index (χ2v) is 3.54. The lowest BCUT2D eigenvalue weighted by Crippen LogP contribution is -2.05. The van der Waals surface area contributed by atoms with Crippen LogP contribution in [0.1, 0.15) is 18.1 Å². The van der Waals surface area contributed by atoms with Gasteiger partial charge in [0.2, 0.25) is 0 Å². The van der Waals surface area contributed by atoms with E-state index in [0.29, 0.717) is 24.5 Å². The smallest absolute Gasteiger partial charge is 0.308 e. The van der Waals surface area contributed by atoms with Crippen LogP contribution in [0.5, 0.6) is 17.2 Å². The summed E-state index contributed by atoms with van der Waals surface area (Å²) in [5.74, 6) is 0.707. The minimum Gasteiger partial charge on any atom is -0.504 e. The molecule has 0 fully saturated rings. The fraction of sp³-hybridized carbons (Fsp3) is 0.364. The van der Waals surface area contributed by atoms with Crippen molar-refractivity contribution < 1.29 is 19.4 Å². The van der Waals surface area contributed by atoms with Gasteiger partial charge in [-0.05, 0) is 18.6 Å². The Bertz CT molecular complexity index is 423. The van der Waals surface area contributed by atoms with Crippen LogP contribution in [0.25, 0.3) is 0 Å². The zero-order valence-electron chi connectivity index (χ0n) is 8.66. The van der Waals surface area contributed by atoms with Crippen LogP contribution in [0.15, 0.2) is 6.07 Å². The molecule has 0 aromatic heterocycles. The first kappa shape index (κ1) is 9.83. The van der Waals surface area contributed by atoms with Crippen LogP contribution in [-0.4, -0.2) is 17.7 Å². The maximum Gasteiger partial charge on any atom is 0.308 e. The molecule has 1 aromatic carbocycles. The summed E-state index contributed by atoms with van der Waals surface area (Å²) in [4.78, 5) is 10.9. The summed E-state index contributed by atoms with van der Waals surface area (Å²) in [6.45, 7) is 3.66. The summed E-state index contributed by atoms with van der Waals surface area (Å²) in [5, 5.41) is 9.61. The number of hydrogen-bond acceptors (Lipinski definition) is 4. The van der Waals surface area contributed by atoms with E-state index in [1.165, 1.54) is 6.92 Å². The summed E-state index contributed by atoms with van der Waals surface area (Å²) in [5.41, 5.74) is 1.52. The molecule has 0 unspecified atom stereocenters.